The molecule has 0 unspecified atom stereocenters. The second-order valence-corrected chi connectivity index (χ2v) is 3.48. The van der Waals surface area contributed by atoms with Crippen LogP contribution in [-0.4, -0.2) is 0 Å². The van der Waals surface area contributed by atoms with Crippen LogP contribution in [0.25, 0.3) is 0 Å². The second-order valence-electron chi connectivity index (χ2n) is 3.48. The molecule has 6 N–H and O–H groups in total. The van der Waals surface area contributed by atoms with Gasteiger partial charge in [0.1, 0.15) is 0 Å². The van der Waals surface area contributed by atoms with Gasteiger partial charge in [0.05, 0.1) is 5.69 Å². The van der Waals surface area contributed by atoms with E-state index in [4.69, 9.17) is 11.6 Å². The van der Waals surface area contributed by atoms with Crippen molar-refractivity contribution in [3.63, 3.8) is 0 Å². The molecule has 0 heterocycles. The average molecular weight is 214 g/mol. The Bertz CT molecular complexity index is 482. The van der Waals surface area contributed by atoms with Crippen molar-refractivity contribution >= 4 is 22.7 Å². The summed E-state index contributed by atoms with van der Waals surface area (Å²) in [4.78, 5) is 0. The third-order valence-electron chi connectivity index (χ3n) is 2.20. The van der Waals surface area contributed by atoms with E-state index in [1.807, 2.05) is 48.5 Å². The lowest BCUT2D eigenvalue weighted by Gasteiger charge is -2.08. The quantitative estimate of drug-likeness (QED) is 0.359. The molecule has 4 nitrogen and oxygen atoms in total. The summed E-state index contributed by atoms with van der Waals surface area (Å²) in [5.41, 5.74) is 11.8. The molecular formula is C12H14N4. The molecule has 82 valence electrons. The van der Waals surface area contributed by atoms with E-state index in [0.29, 0.717) is 0 Å². The van der Waals surface area contributed by atoms with Crippen LogP contribution in [0.15, 0.2) is 48.5 Å². The van der Waals surface area contributed by atoms with Gasteiger partial charge >= 0.3 is 0 Å². The van der Waals surface area contributed by atoms with Crippen LogP contribution in [0.2, 0.25) is 0 Å². The van der Waals surface area contributed by atoms with Crippen LogP contribution in [0.3, 0.4) is 0 Å². The number of nitrogen functional groups attached to an aromatic ring is 2. The van der Waals surface area contributed by atoms with Gasteiger partial charge in [-0.2, -0.15) is 0 Å². The number of benzene rings is 2. The fraction of sp³-hybridized carbons (Fsp3) is 0. The summed E-state index contributed by atoms with van der Waals surface area (Å²) in [6, 6.07) is 15.3. The van der Waals surface area contributed by atoms with Gasteiger partial charge in [0.25, 0.3) is 0 Å². The number of rotatable bonds is 3. The van der Waals surface area contributed by atoms with E-state index >= 15 is 0 Å². The Morgan fingerprint density at radius 2 is 1.44 bits per heavy atom. The Morgan fingerprint density at radius 3 is 2.12 bits per heavy atom. The molecule has 0 saturated heterocycles. The highest BCUT2D eigenvalue weighted by Gasteiger charge is 1.96. The van der Waals surface area contributed by atoms with Crippen molar-refractivity contribution in [2.45, 2.75) is 0 Å². The van der Waals surface area contributed by atoms with Gasteiger partial charge in [-0.3, -0.25) is 5.84 Å². The maximum Gasteiger partial charge on any atom is 0.0505 e. The Kier molecular flexibility index (Phi) is 2.93. The van der Waals surface area contributed by atoms with Gasteiger partial charge in [-0.05, 0) is 36.4 Å². The first-order valence-electron chi connectivity index (χ1n) is 4.97. The van der Waals surface area contributed by atoms with Crippen LogP contribution in [0, 0.1) is 0 Å². The van der Waals surface area contributed by atoms with E-state index in [9.17, 15) is 0 Å². The number of nitrogens with one attached hydrogen (secondary N) is 2. The Hall–Kier alpha value is -2.20. The lowest BCUT2D eigenvalue weighted by atomic mass is 10.2. The topological polar surface area (TPSA) is 76.1 Å². The molecular weight excluding hydrogens is 200 g/mol. The van der Waals surface area contributed by atoms with Crippen LogP contribution >= 0.6 is 0 Å². The van der Waals surface area contributed by atoms with Gasteiger partial charge in [-0.1, -0.05) is 12.1 Å². The van der Waals surface area contributed by atoms with Gasteiger partial charge in [-0.25, -0.2) is 0 Å². The van der Waals surface area contributed by atoms with Crippen molar-refractivity contribution in [3.8, 4) is 0 Å². The fourth-order valence-electron chi connectivity index (χ4n) is 1.47. The van der Waals surface area contributed by atoms with E-state index in [1.54, 1.807) is 0 Å². The van der Waals surface area contributed by atoms with E-state index in [-0.39, 0.29) is 0 Å². The molecule has 2 aromatic carbocycles. The van der Waals surface area contributed by atoms with Crippen LogP contribution in [0.4, 0.5) is 22.7 Å². The van der Waals surface area contributed by atoms with Gasteiger partial charge in [0, 0.05) is 17.1 Å². The highest BCUT2D eigenvalue weighted by Crippen LogP contribution is 2.20. The first kappa shape index (κ1) is 10.3. The normalized spacial score (nSPS) is 9.81. The minimum absolute atomic E-state index is 0.734. The molecule has 0 aliphatic carbocycles. The van der Waals surface area contributed by atoms with E-state index in [2.05, 4.69) is 10.7 Å². The molecule has 0 amide bonds. The predicted molar refractivity (Wildman–Crippen MR) is 68.4 cm³/mol. The molecule has 0 bridgehead atoms. The molecule has 16 heavy (non-hydrogen) atoms. The smallest absolute Gasteiger partial charge is 0.0505 e. The molecule has 0 aliphatic heterocycles. The van der Waals surface area contributed by atoms with Gasteiger partial charge in [0.2, 0.25) is 0 Å². The summed E-state index contributed by atoms with van der Waals surface area (Å²) in [6.07, 6.45) is 0. The molecule has 0 aliphatic rings. The van der Waals surface area contributed by atoms with Crippen LogP contribution in [0.1, 0.15) is 0 Å². The molecule has 0 aromatic heterocycles. The Morgan fingerprint density at radius 1 is 0.812 bits per heavy atom. The van der Waals surface area contributed by atoms with E-state index in [0.717, 1.165) is 22.7 Å². The van der Waals surface area contributed by atoms with E-state index < -0.39 is 0 Å². The second kappa shape index (κ2) is 4.55. The number of hydrogen-bond donors (Lipinski definition) is 4. The molecule has 0 saturated carbocycles. The number of hydrazine groups is 1. The third-order valence-corrected chi connectivity index (χ3v) is 2.20. The first-order valence-corrected chi connectivity index (χ1v) is 4.97. The predicted octanol–water partition coefficient (Wildman–Crippen LogP) is 2.30. The molecule has 0 radical (unpaired) electrons. The lowest BCUT2D eigenvalue weighted by molar-refractivity contribution is 1.35. The maximum absolute atomic E-state index is 5.70. The zero-order chi connectivity index (χ0) is 11.4. The van der Waals surface area contributed by atoms with Crippen molar-refractivity contribution in [2.24, 2.45) is 5.84 Å². The Balaban J connectivity index is 2.20. The first-order chi connectivity index (χ1) is 7.78. The number of hydrogen-bond acceptors (Lipinski definition) is 4. The highest BCUT2D eigenvalue weighted by molar-refractivity contribution is 5.66. The third kappa shape index (κ3) is 2.43. The molecule has 2 aromatic rings. The molecule has 0 fully saturated rings. The molecule has 2 rings (SSSR count). The summed E-state index contributed by atoms with van der Waals surface area (Å²) in [5.74, 6) is 5.34. The van der Waals surface area contributed by atoms with Gasteiger partial charge in [0.15, 0.2) is 0 Å². The Labute approximate surface area is 94.2 Å². The van der Waals surface area contributed by atoms with Crippen LogP contribution in [-0.2, 0) is 0 Å². The van der Waals surface area contributed by atoms with Gasteiger partial charge in [-0.15, -0.1) is 0 Å². The zero-order valence-electron chi connectivity index (χ0n) is 8.77. The lowest BCUT2D eigenvalue weighted by Crippen LogP contribution is -2.06. The minimum Gasteiger partial charge on any atom is -0.399 e. The summed E-state index contributed by atoms with van der Waals surface area (Å²) >= 11 is 0. The van der Waals surface area contributed by atoms with Crippen LogP contribution < -0.4 is 22.3 Å². The highest BCUT2D eigenvalue weighted by atomic mass is 15.2. The maximum atomic E-state index is 5.70. The van der Waals surface area contributed by atoms with Crippen molar-refractivity contribution in [2.75, 3.05) is 16.5 Å². The SMILES string of the molecule is NNc1cccc(Nc2cccc(N)c2)c1. The van der Waals surface area contributed by atoms with Crippen molar-refractivity contribution in [1.82, 2.24) is 0 Å². The summed E-state index contributed by atoms with van der Waals surface area (Å²) in [7, 11) is 0. The van der Waals surface area contributed by atoms with Crippen LogP contribution in [0.5, 0.6) is 0 Å². The summed E-state index contributed by atoms with van der Waals surface area (Å²) in [6.45, 7) is 0. The monoisotopic (exact) mass is 214 g/mol. The van der Waals surface area contributed by atoms with E-state index in [1.165, 1.54) is 0 Å². The van der Waals surface area contributed by atoms with Crippen molar-refractivity contribution in [3.05, 3.63) is 48.5 Å². The van der Waals surface area contributed by atoms with Crippen molar-refractivity contribution < 1.29 is 0 Å². The molecule has 0 spiro atoms. The fourth-order valence-corrected chi connectivity index (χ4v) is 1.47. The number of anilines is 4. The zero-order valence-corrected chi connectivity index (χ0v) is 8.77. The standard InChI is InChI=1S/C12H14N4/c13-9-3-1-4-10(7-9)15-11-5-2-6-12(8-11)16-14/h1-8,15-16H,13-14H2. The summed E-state index contributed by atoms with van der Waals surface area (Å²) in [5, 5.41) is 3.24. The van der Waals surface area contributed by atoms with Gasteiger partial charge < -0.3 is 16.5 Å². The average Bonchev–Trinajstić information content (AvgIpc) is 2.29. The van der Waals surface area contributed by atoms with Crippen molar-refractivity contribution in [1.29, 1.82) is 0 Å². The minimum atomic E-state index is 0.734. The number of nitrogens with two attached hydrogens (primary N) is 2. The largest absolute Gasteiger partial charge is 0.399 e. The molecule has 4 heteroatoms. The summed E-state index contributed by atoms with van der Waals surface area (Å²) < 4.78 is 0. The molecule has 0 atom stereocenters.